The third-order valence-corrected chi connectivity index (χ3v) is 5.82. The molecule has 2 aromatic carbocycles. The Bertz CT molecular complexity index is 1440. The number of rotatable bonds is 5. The van der Waals surface area contributed by atoms with Crippen LogP contribution in [0.5, 0.6) is 5.75 Å². The number of halogens is 3. The van der Waals surface area contributed by atoms with Gasteiger partial charge >= 0.3 is 5.69 Å². The molecule has 0 radical (unpaired) electrons. The molecule has 3 heterocycles. The van der Waals surface area contributed by atoms with Crippen LogP contribution in [-0.4, -0.2) is 32.5 Å². The van der Waals surface area contributed by atoms with Gasteiger partial charge in [-0.15, -0.1) is 0 Å². The predicted octanol–water partition coefficient (Wildman–Crippen LogP) is 5.48. The summed E-state index contributed by atoms with van der Waals surface area (Å²) in [6, 6.07) is 10.9. The number of nitro groups is 1. The second-order valence-electron chi connectivity index (χ2n) is 7.93. The number of fused-ring (bicyclic) bond motifs is 3. The molecule has 0 fully saturated rings. The minimum absolute atomic E-state index is 0.0334. The first-order valence-electron chi connectivity index (χ1n) is 10.4. The molecule has 11 heteroatoms. The van der Waals surface area contributed by atoms with Gasteiger partial charge < -0.3 is 14.6 Å². The largest absolute Gasteiger partial charge is 0.494 e. The summed E-state index contributed by atoms with van der Waals surface area (Å²) in [6.07, 6.45) is 1.41. The molecule has 0 bridgehead atoms. The van der Waals surface area contributed by atoms with E-state index in [-0.39, 0.29) is 30.2 Å². The average Bonchev–Trinajstić information content (AvgIpc) is 3.12. The molecule has 0 saturated heterocycles. The first-order valence-corrected chi connectivity index (χ1v) is 10.4. The number of ether oxygens (including phenoxy) is 1. The Balaban J connectivity index is 1.60. The van der Waals surface area contributed by atoms with Gasteiger partial charge in [-0.1, -0.05) is 18.2 Å². The molecule has 0 unspecified atom stereocenters. The zero-order valence-electron chi connectivity index (χ0n) is 17.9. The van der Waals surface area contributed by atoms with Crippen LogP contribution in [0.4, 0.5) is 30.5 Å². The second kappa shape index (κ2) is 8.01. The number of nitro benzene ring substituents is 1. The fraction of sp³-hybridized carbons (Fsp3) is 0.217. The van der Waals surface area contributed by atoms with Crippen molar-refractivity contribution < 1.29 is 22.8 Å². The van der Waals surface area contributed by atoms with Crippen LogP contribution >= 0.6 is 0 Å². The number of methoxy groups -OCH3 is 1. The van der Waals surface area contributed by atoms with Crippen LogP contribution in [0.2, 0.25) is 0 Å². The van der Waals surface area contributed by atoms with Gasteiger partial charge in [0.05, 0.1) is 30.0 Å². The number of para-hydroxylation sites is 1. The Hall–Kier alpha value is -4.15. The minimum atomic E-state index is -2.79. The lowest BCUT2D eigenvalue weighted by Crippen LogP contribution is -2.30. The molecule has 4 aromatic rings. The molecule has 0 atom stereocenters. The van der Waals surface area contributed by atoms with Gasteiger partial charge in [-0.3, -0.25) is 10.1 Å². The van der Waals surface area contributed by atoms with Gasteiger partial charge in [0.1, 0.15) is 5.75 Å². The Labute approximate surface area is 191 Å². The van der Waals surface area contributed by atoms with Gasteiger partial charge in [0.15, 0.2) is 0 Å². The first kappa shape index (κ1) is 21.7. The summed E-state index contributed by atoms with van der Waals surface area (Å²) >= 11 is 0. The van der Waals surface area contributed by atoms with Crippen LogP contribution in [0.3, 0.4) is 0 Å². The quantitative estimate of drug-likeness (QED) is 0.307. The van der Waals surface area contributed by atoms with Gasteiger partial charge in [0.2, 0.25) is 11.8 Å². The van der Waals surface area contributed by atoms with Crippen LogP contribution in [0.25, 0.3) is 22.2 Å². The minimum Gasteiger partial charge on any atom is -0.494 e. The lowest BCUT2D eigenvalue weighted by atomic mass is 10.0. The summed E-state index contributed by atoms with van der Waals surface area (Å²) in [7, 11) is 1.30. The molecule has 1 aliphatic heterocycles. The third-order valence-electron chi connectivity index (χ3n) is 5.82. The predicted molar refractivity (Wildman–Crippen MR) is 119 cm³/mol. The molecule has 0 aliphatic carbocycles. The molecule has 0 spiro atoms. The Morgan fingerprint density at radius 1 is 1.24 bits per heavy atom. The van der Waals surface area contributed by atoms with Gasteiger partial charge in [-0.05, 0) is 18.6 Å². The van der Waals surface area contributed by atoms with E-state index in [0.717, 1.165) is 28.8 Å². The van der Waals surface area contributed by atoms with E-state index in [1.54, 1.807) is 22.8 Å². The molecular weight excluding hydrogens is 451 g/mol. The topological polar surface area (TPSA) is 95.1 Å². The lowest BCUT2D eigenvalue weighted by Gasteiger charge is -2.25. The molecule has 34 heavy (non-hydrogen) atoms. The number of nitrogens with zero attached hydrogens (tertiary/aromatic N) is 4. The number of aromatic nitrogens is 3. The van der Waals surface area contributed by atoms with Crippen molar-refractivity contribution in [1.82, 2.24) is 14.5 Å². The van der Waals surface area contributed by atoms with Crippen molar-refractivity contribution in [3.63, 3.8) is 0 Å². The molecule has 1 N–H and O–H groups in total. The van der Waals surface area contributed by atoms with Gasteiger partial charge in [-0.2, -0.15) is 4.39 Å². The maximum Gasteiger partial charge on any atom is 0.307 e. The first-order chi connectivity index (χ1) is 16.3. The van der Waals surface area contributed by atoms with Crippen molar-refractivity contribution in [2.75, 3.05) is 12.4 Å². The van der Waals surface area contributed by atoms with E-state index < -0.39 is 28.9 Å². The maximum absolute atomic E-state index is 14.2. The van der Waals surface area contributed by atoms with E-state index in [0.29, 0.717) is 11.2 Å². The van der Waals surface area contributed by atoms with Gasteiger partial charge in [-0.25, -0.2) is 18.7 Å². The molecule has 2 aromatic heterocycles. The Morgan fingerprint density at radius 3 is 2.79 bits per heavy atom. The third kappa shape index (κ3) is 3.68. The van der Waals surface area contributed by atoms with Crippen molar-refractivity contribution in [2.45, 2.75) is 25.3 Å². The molecule has 5 rings (SSSR count). The Morgan fingerprint density at radius 2 is 2.03 bits per heavy atom. The highest BCUT2D eigenvalue weighted by molar-refractivity contribution is 5.97. The van der Waals surface area contributed by atoms with Crippen molar-refractivity contribution in [3.8, 4) is 17.0 Å². The molecular formula is C23H18F3N5O3. The van der Waals surface area contributed by atoms with Crippen LogP contribution in [0, 0.1) is 15.9 Å². The molecule has 1 aliphatic rings. The van der Waals surface area contributed by atoms with Crippen molar-refractivity contribution in [3.05, 3.63) is 70.3 Å². The van der Waals surface area contributed by atoms with E-state index in [1.807, 2.05) is 12.1 Å². The molecule has 8 nitrogen and oxygen atoms in total. The summed E-state index contributed by atoms with van der Waals surface area (Å²) in [5, 5.41) is 14.8. The molecule has 174 valence electrons. The zero-order valence-corrected chi connectivity index (χ0v) is 17.9. The smallest absolute Gasteiger partial charge is 0.307 e. The fourth-order valence-corrected chi connectivity index (χ4v) is 4.32. The monoisotopic (exact) mass is 469 g/mol. The highest BCUT2D eigenvalue weighted by Crippen LogP contribution is 2.41. The number of alkyl halides is 2. The lowest BCUT2D eigenvalue weighted by molar-refractivity contribution is -0.387. The number of nitrogens with one attached hydrogen (secondary N) is 1. The SMILES string of the molecule is COc1cc(F)c([N+](=O)[O-])cc1Nc1nccc(-c2c3n(c4ccccc24)CC(F)(F)CC3)n1. The normalized spacial score (nSPS) is 14.6. The summed E-state index contributed by atoms with van der Waals surface area (Å²) < 4.78 is 49.1. The standard InChI is InChI=1S/C23H18F3N5O3/c1-34-20-10-14(24)19(31(32)33)11-16(20)29-22-27-9-7-15(28-22)21-13-4-2-3-5-17(13)30-12-23(25,26)8-6-18(21)30/h2-5,7,9-11H,6,8,12H2,1H3,(H,27,28,29). The summed E-state index contributed by atoms with van der Waals surface area (Å²) in [5.74, 6) is -3.71. The molecule has 0 saturated carbocycles. The number of anilines is 2. The van der Waals surface area contributed by atoms with E-state index >= 15 is 0 Å². The average molecular weight is 469 g/mol. The maximum atomic E-state index is 14.2. The highest BCUT2D eigenvalue weighted by Gasteiger charge is 2.37. The van der Waals surface area contributed by atoms with Crippen LogP contribution in [0.15, 0.2) is 48.7 Å². The van der Waals surface area contributed by atoms with Crippen LogP contribution in [-0.2, 0) is 13.0 Å². The van der Waals surface area contributed by atoms with E-state index in [9.17, 15) is 23.3 Å². The van der Waals surface area contributed by atoms with Crippen LogP contribution in [0.1, 0.15) is 12.1 Å². The molecule has 0 amide bonds. The number of hydrogen-bond acceptors (Lipinski definition) is 6. The van der Waals surface area contributed by atoms with Crippen molar-refractivity contribution in [2.24, 2.45) is 0 Å². The fourth-order valence-electron chi connectivity index (χ4n) is 4.32. The highest BCUT2D eigenvalue weighted by atomic mass is 19.3. The zero-order chi connectivity index (χ0) is 24.0. The van der Waals surface area contributed by atoms with E-state index in [4.69, 9.17) is 4.74 Å². The second-order valence-corrected chi connectivity index (χ2v) is 7.93. The number of hydrogen-bond donors (Lipinski definition) is 1. The summed E-state index contributed by atoms with van der Waals surface area (Å²) in [6.45, 7) is -0.407. The van der Waals surface area contributed by atoms with Crippen LogP contribution < -0.4 is 10.1 Å². The summed E-state index contributed by atoms with van der Waals surface area (Å²) in [4.78, 5) is 19.0. The summed E-state index contributed by atoms with van der Waals surface area (Å²) in [5.41, 5.74) is 2.06. The van der Waals surface area contributed by atoms with Crippen molar-refractivity contribution >= 4 is 28.2 Å². The van der Waals surface area contributed by atoms with Gasteiger partial charge in [0, 0.05) is 46.9 Å². The van der Waals surface area contributed by atoms with E-state index in [2.05, 4.69) is 15.3 Å². The van der Waals surface area contributed by atoms with Crippen molar-refractivity contribution in [1.29, 1.82) is 0 Å². The van der Waals surface area contributed by atoms with E-state index in [1.165, 1.54) is 13.3 Å². The Kier molecular flexibility index (Phi) is 5.11. The number of benzene rings is 2. The van der Waals surface area contributed by atoms with Gasteiger partial charge in [0.25, 0.3) is 5.92 Å².